The third kappa shape index (κ3) is 0.652. The van der Waals surface area contributed by atoms with E-state index in [1.807, 2.05) is 0 Å². The van der Waals surface area contributed by atoms with Gasteiger partial charge in [-0.2, -0.15) is 0 Å². The van der Waals surface area contributed by atoms with E-state index in [9.17, 15) is 4.46 Å². The van der Waals surface area contributed by atoms with E-state index in [0.717, 1.165) is 12.8 Å². The maximum absolute atomic E-state index is 9.95. The predicted octanol–water partition coefficient (Wildman–Crippen LogP) is 0.0614. The van der Waals surface area contributed by atoms with Crippen molar-refractivity contribution in [3.8, 4) is 0 Å². The molecule has 0 spiro atoms. The molecule has 0 heterocycles. The second kappa shape index (κ2) is 1.15. The third-order valence-electron chi connectivity index (χ3n) is 0.927. The summed E-state index contributed by atoms with van der Waals surface area (Å²) in [6.07, 6.45) is 1.96. The van der Waals surface area contributed by atoms with Crippen LogP contribution in [0.25, 0.3) is 0 Å². The molecule has 0 aromatic carbocycles. The third-order valence-corrected chi connectivity index (χ3v) is 2.20. The first-order valence-corrected chi connectivity index (χ1v) is 3.47. The van der Waals surface area contributed by atoms with Gasteiger partial charge in [-0.25, -0.2) is 0 Å². The molecule has 0 aromatic heterocycles. The fourth-order valence-electron chi connectivity index (χ4n) is 0.330. The zero-order valence-corrected chi connectivity index (χ0v) is 4.35. The first kappa shape index (κ1) is 3.99. The minimum atomic E-state index is -2.09. The van der Waals surface area contributed by atoms with Crippen molar-refractivity contribution >= 4 is 8.93 Å². The van der Waals surface area contributed by atoms with Gasteiger partial charge in [-0.1, -0.05) is 0 Å². The Balaban J connectivity index is 2.31. The molecule has 2 nitrogen and oxygen atoms in total. The standard InChI is InChI=1S/C3H6O2Si/c4-6(5)3-1-2-3/h3-4H,1-2H2. The van der Waals surface area contributed by atoms with E-state index in [4.69, 9.17) is 4.80 Å². The Morgan fingerprint density at radius 1 is 1.67 bits per heavy atom. The topological polar surface area (TPSA) is 37.3 Å². The molecule has 0 aromatic rings. The molecule has 1 aliphatic rings. The van der Waals surface area contributed by atoms with Crippen LogP contribution in [-0.2, 0) is 4.46 Å². The van der Waals surface area contributed by atoms with Gasteiger partial charge in [-0.3, -0.25) is 0 Å². The van der Waals surface area contributed by atoms with E-state index in [1.165, 1.54) is 0 Å². The van der Waals surface area contributed by atoms with Gasteiger partial charge in [0.1, 0.15) is 0 Å². The van der Waals surface area contributed by atoms with E-state index in [1.54, 1.807) is 0 Å². The predicted molar refractivity (Wildman–Crippen MR) is 21.6 cm³/mol. The van der Waals surface area contributed by atoms with E-state index < -0.39 is 8.93 Å². The molecule has 0 amide bonds. The van der Waals surface area contributed by atoms with Gasteiger partial charge in [0.2, 0.25) is 0 Å². The Labute approximate surface area is 37.6 Å². The Hall–Kier alpha value is -0.183. The van der Waals surface area contributed by atoms with Gasteiger partial charge in [0.15, 0.2) is 0 Å². The molecule has 1 aliphatic carbocycles. The molecule has 0 saturated heterocycles. The summed E-state index contributed by atoms with van der Waals surface area (Å²) >= 11 is 0. The molecule has 0 atom stereocenters. The Bertz CT molecular complexity index is 76.9. The summed E-state index contributed by atoms with van der Waals surface area (Å²) in [7, 11) is -2.09. The molecule has 3 heteroatoms. The largest absolute Gasteiger partial charge is 0.539 e. The molecule has 0 unspecified atom stereocenters. The van der Waals surface area contributed by atoms with Crippen LogP contribution >= 0.6 is 0 Å². The number of hydrogen-bond donors (Lipinski definition) is 1. The minimum absolute atomic E-state index is 0.204. The van der Waals surface area contributed by atoms with Crippen LogP contribution in [0.3, 0.4) is 0 Å². The Kier molecular flexibility index (Phi) is 0.763. The van der Waals surface area contributed by atoms with Gasteiger partial charge in [0.25, 0.3) is 0 Å². The number of rotatable bonds is 1. The highest BCUT2D eigenvalue weighted by Crippen LogP contribution is 2.35. The molecule has 1 fully saturated rings. The average Bonchev–Trinajstić information content (AvgIpc) is 2.06. The van der Waals surface area contributed by atoms with Crippen molar-refractivity contribution in [3.63, 3.8) is 0 Å². The normalized spacial score (nSPS) is 20.7. The molecule has 0 bridgehead atoms. The lowest BCUT2D eigenvalue weighted by molar-refractivity contribution is 0.444. The molecule has 0 aliphatic heterocycles. The van der Waals surface area contributed by atoms with Gasteiger partial charge in [0.05, 0.1) is 0 Å². The summed E-state index contributed by atoms with van der Waals surface area (Å²) in [4.78, 5) is 8.24. The van der Waals surface area contributed by atoms with Crippen molar-refractivity contribution in [1.29, 1.82) is 0 Å². The molecule has 1 saturated carbocycles. The average molecular weight is 102 g/mol. The first-order chi connectivity index (χ1) is 2.80. The summed E-state index contributed by atoms with van der Waals surface area (Å²) in [5, 5.41) is 0. The smallest absolute Gasteiger partial charge is 0.503 e. The second-order valence-corrected chi connectivity index (χ2v) is 3.11. The zero-order valence-electron chi connectivity index (χ0n) is 3.35. The number of hydrogen-bond acceptors (Lipinski definition) is 1. The monoisotopic (exact) mass is 102 g/mol. The fraction of sp³-hybridized carbons (Fsp3) is 1.00. The zero-order chi connectivity index (χ0) is 4.57. The molecule has 1 rings (SSSR count). The molecular formula is C3H6O2Si. The van der Waals surface area contributed by atoms with Crippen molar-refractivity contribution in [1.82, 2.24) is 0 Å². The van der Waals surface area contributed by atoms with Crippen LogP contribution in [0.4, 0.5) is 0 Å². The van der Waals surface area contributed by atoms with E-state index >= 15 is 0 Å². The maximum atomic E-state index is 9.95. The molecule has 0 radical (unpaired) electrons. The molecule has 6 heavy (non-hydrogen) atoms. The maximum Gasteiger partial charge on any atom is 0.503 e. The van der Waals surface area contributed by atoms with Gasteiger partial charge in [-0.05, 0) is 12.8 Å². The fourth-order valence-corrected chi connectivity index (χ4v) is 0.991. The van der Waals surface area contributed by atoms with Crippen molar-refractivity contribution < 1.29 is 9.26 Å². The van der Waals surface area contributed by atoms with Gasteiger partial charge in [0, 0.05) is 5.54 Å². The van der Waals surface area contributed by atoms with Crippen molar-refractivity contribution in [3.05, 3.63) is 0 Å². The molecule has 34 valence electrons. The SMILES string of the molecule is O=[Si](O)C1CC1. The highest BCUT2D eigenvalue weighted by atomic mass is 28.3. The van der Waals surface area contributed by atoms with Crippen LogP contribution in [0.15, 0.2) is 0 Å². The minimum Gasteiger partial charge on any atom is -0.539 e. The van der Waals surface area contributed by atoms with Crippen LogP contribution in [-0.4, -0.2) is 13.7 Å². The summed E-state index contributed by atoms with van der Waals surface area (Å²) in [6, 6.07) is 0. The summed E-state index contributed by atoms with van der Waals surface area (Å²) in [6.45, 7) is 0. The lowest BCUT2D eigenvalue weighted by Gasteiger charge is -1.71. The summed E-state index contributed by atoms with van der Waals surface area (Å²) in [5.74, 6) is 0. The first-order valence-electron chi connectivity index (χ1n) is 2.03. The van der Waals surface area contributed by atoms with Crippen LogP contribution in [0, 0.1) is 0 Å². The van der Waals surface area contributed by atoms with Crippen LogP contribution < -0.4 is 0 Å². The molecule has 1 N–H and O–H groups in total. The highest BCUT2D eigenvalue weighted by Gasteiger charge is 2.31. The second-order valence-electron chi connectivity index (χ2n) is 1.61. The lowest BCUT2D eigenvalue weighted by atomic mass is 11.0. The molecular weight excluding hydrogens is 96.1 g/mol. The summed E-state index contributed by atoms with van der Waals surface area (Å²) in [5.41, 5.74) is 0.204. The van der Waals surface area contributed by atoms with Gasteiger partial charge in [-0.15, -0.1) is 0 Å². The highest BCUT2D eigenvalue weighted by molar-refractivity contribution is 6.36. The van der Waals surface area contributed by atoms with E-state index in [-0.39, 0.29) is 5.54 Å². The van der Waals surface area contributed by atoms with Crippen LogP contribution in [0.5, 0.6) is 0 Å². The van der Waals surface area contributed by atoms with Crippen molar-refractivity contribution in [2.24, 2.45) is 0 Å². The van der Waals surface area contributed by atoms with Gasteiger partial charge >= 0.3 is 8.93 Å². The Morgan fingerprint density at radius 2 is 2.17 bits per heavy atom. The van der Waals surface area contributed by atoms with E-state index in [2.05, 4.69) is 0 Å². The van der Waals surface area contributed by atoms with Gasteiger partial charge < -0.3 is 9.26 Å². The summed E-state index contributed by atoms with van der Waals surface area (Å²) < 4.78 is 9.95. The van der Waals surface area contributed by atoms with Crippen molar-refractivity contribution in [2.45, 2.75) is 18.4 Å². The Morgan fingerprint density at radius 3 is 2.17 bits per heavy atom. The lowest BCUT2D eigenvalue weighted by Crippen LogP contribution is -1.93. The van der Waals surface area contributed by atoms with Crippen LogP contribution in [0.2, 0.25) is 5.54 Å². The van der Waals surface area contributed by atoms with Crippen LogP contribution in [0.1, 0.15) is 12.8 Å². The quantitative estimate of drug-likeness (QED) is 0.475. The van der Waals surface area contributed by atoms with Crippen molar-refractivity contribution in [2.75, 3.05) is 0 Å². The van der Waals surface area contributed by atoms with E-state index in [0.29, 0.717) is 0 Å².